The predicted molar refractivity (Wildman–Crippen MR) is 76.9 cm³/mol. The Hall–Kier alpha value is -1.92. The van der Waals surface area contributed by atoms with Crippen LogP contribution in [0.2, 0.25) is 0 Å². The Balaban J connectivity index is 2.14. The van der Waals surface area contributed by atoms with Crippen LogP contribution in [0.1, 0.15) is 21.6 Å². The van der Waals surface area contributed by atoms with Crippen LogP contribution in [0.4, 0.5) is 5.69 Å². The van der Waals surface area contributed by atoms with Crippen molar-refractivity contribution in [3.05, 3.63) is 45.9 Å². The molecule has 1 amide bonds. The van der Waals surface area contributed by atoms with E-state index in [0.29, 0.717) is 12.1 Å². The molecule has 0 aliphatic carbocycles. The first-order chi connectivity index (χ1) is 9.11. The van der Waals surface area contributed by atoms with Crippen molar-refractivity contribution in [1.82, 2.24) is 9.88 Å². The van der Waals surface area contributed by atoms with E-state index in [2.05, 4.69) is 10.4 Å². The number of rotatable bonds is 4. The molecule has 0 aliphatic rings. The van der Waals surface area contributed by atoms with Crippen molar-refractivity contribution in [3.63, 3.8) is 0 Å². The number of aryl methyl sites for hydroxylation is 1. The van der Waals surface area contributed by atoms with Crippen molar-refractivity contribution in [2.75, 3.05) is 12.5 Å². The molecule has 0 atom stereocenters. The highest BCUT2D eigenvalue weighted by Crippen LogP contribution is 2.16. The molecule has 0 spiro atoms. The SMILES string of the molecule is Cc1cc(NN)ccc1C(=O)N(C)Cc1cscn1. The summed E-state index contributed by atoms with van der Waals surface area (Å²) in [4.78, 5) is 18.2. The molecule has 0 bridgehead atoms. The lowest BCUT2D eigenvalue weighted by Crippen LogP contribution is -2.27. The summed E-state index contributed by atoms with van der Waals surface area (Å²) in [6.07, 6.45) is 0. The van der Waals surface area contributed by atoms with Crippen LogP contribution in [-0.4, -0.2) is 22.8 Å². The van der Waals surface area contributed by atoms with Crippen LogP contribution in [0.15, 0.2) is 29.1 Å². The highest BCUT2D eigenvalue weighted by atomic mass is 32.1. The predicted octanol–water partition coefficient (Wildman–Crippen LogP) is 2.01. The quantitative estimate of drug-likeness (QED) is 0.662. The van der Waals surface area contributed by atoms with Crippen LogP contribution < -0.4 is 11.3 Å². The van der Waals surface area contributed by atoms with Gasteiger partial charge in [-0.2, -0.15) is 0 Å². The molecule has 2 rings (SSSR count). The van der Waals surface area contributed by atoms with Crippen LogP contribution in [-0.2, 0) is 6.54 Å². The summed E-state index contributed by atoms with van der Waals surface area (Å²) in [5, 5.41) is 1.94. The van der Waals surface area contributed by atoms with Gasteiger partial charge in [0.2, 0.25) is 0 Å². The first kappa shape index (κ1) is 13.5. The molecule has 6 heteroatoms. The number of nitrogens with one attached hydrogen (secondary N) is 1. The van der Waals surface area contributed by atoms with Gasteiger partial charge >= 0.3 is 0 Å². The van der Waals surface area contributed by atoms with Crippen molar-refractivity contribution >= 4 is 22.9 Å². The lowest BCUT2D eigenvalue weighted by Gasteiger charge is -2.17. The second kappa shape index (κ2) is 5.81. The third kappa shape index (κ3) is 3.10. The molecule has 0 fully saturated rings. The number of aromatic nitrogens is 1. The zero-order chi connectivity index (χ0) is 13.8. The number of nitrogens with zero attached hydrogens (tertiary/aromatic N) is 2. The number of anilines is 1. The third-order valence-electron chi connectivity index (χ3n) is 2.85. The molecule has 1 aromatic carbocycles. The molecule has 1 heterocycles. The highest BCUT2D eigenvalue weighted by molar-refractivity contribution is 7.07. The number of hydrazine groups is 1. The molecule has 0 unspecified atom stereocenters. The second-order valence-electron chi connectivity index (χ2n) is 4.32. The summed E-state index contributed by atoms with van der Waals surface area (Å²) in [5.41, 5.74) is 7.59. The molecule has 100 valence electrons. The van der Waals surface area contributed by atoms with Crippen molar-refractivity contribution in [1.29, 1.82) is 0 Å². The van der Waals surface area contributed by atoms with Gasteiger partial charge in [0.1, 0.15) is 0 Å². The maximum absolute atomic E-state index is 12.3. The maximum Gasteiger partial charge on any atom is 0.254 e. The Morgan fingerprint density at radius 2 is 2.32 bits per heavy atom. The molecule has 3 N–H and O–H groups in total. The molecule has 2 aromatic rings. The molecule has 0 saturated heterocycles. The van der Waals surface area contributed by atoms with E-state index < -0.39 is 0 Å². The van der Waals surface area contributed by atoms with Crippen LogP contribution in [0.3, 0.4) is 0 Å². The minimum absolute atomic E-state index is 0.0194. The van der Waals surface area contributed by atoms with Crippen LogP contribution in [0.5, 0.6) is 0 Å². The van der Waals surface area contributed by atoms with Gasteiger partial charge in [-0.15, -0.1) is 11.3 Å². The standard InChI is InChI=1S/C13H16N4OS/c1-9-5-10(16-14)3-4-12(9)13(18)17(2)6-11-7-19-8-15-11/h3-5,7-8,16H,6,14H2,1-2H3. The van der Waals surface area contributed by atoms with Crippen molar-refractivity contribution in [3.8, 4) is 0 Å². The van der Waals surface area contributed by atoms with Gasteiger partial charge in [0.15, 0.2) is 0 Å². The van der Waals surface area contributed by atoms with Gasteiger partial charge in [-0.25, -0.2) is 4.98 Å². The monoisotopic (exact) mass is 276 g/mol. The molecule has 19 heavy (non-hydrogen) atoms. The average molecular weight is 276 g/mol. The fourth-order valence-corrected chi connectivity index (χ4v) is 2.38. The Morgan fingerprint density at radius 3 is 2.89 bits per heavy atom. The number of carbonyl (C=O) groups is 1. The van der Waals surface area contributed by atoms with Crippen LogP contribution >= 0.6 is 11.3 Å². The number of nitrogen functional groups attached to an aromatic ring is 1. The Morgan fingerprint density at radius 1 is 1.53 bits per heavy atom. The second-order valence-corrected chi connectivity index (χ2v) is 5.03. The summed E-state index contributed by atoms with van der Waals surface area (Å²) < 4.78 is 0. The number of thiazole rings is 1. The number of hydrogen-bond donors (Lipinski definition) is 2. The molecule has 0 aliphatic heterocycles. The zero-order valence-corrected chi connectivity index (χ0v) is 11.7. The van der Waals surface area contributed by atoms with Gasteiger partial charge in [0.05, 0.1) is 17.7 Å². The van der Waals surface area contributed by atoms with Gasteiger partial charge in [-0.05, 0) is 30.7 Å². The number of amides is 1. The topological polar surface area (TPSA) is 71.2 Å². The van der Waals surface area contributed by atoms with E-state index in [4.69, 9.17) is 5.84 Å². The Kier molecular flexibility index (Phi) is 4.13. The summed E-state index contributed by atoms with van der Waals surface area (Å²) >= 11 is 1.53. The minimum atomic E-state index is -0.0194. The maximum atomic E-state index is 12.3. The summed E-state index contributed by atoms with van der Waals surface area (Å²) in [7, 11) is 1.77. The summed E-state index contributed by atoms with van der Waals surface area (Å²) in [5.74, 6) is 5.32. The van der Waals surface area contributed by atoms with E-state index in [-0.39, 0.29) is 5.91 Å². The van der Waals surface area contributed by atoms with Crippen molar-refractivity contribution in [2.24, 2.45) is 5.84 Å². The molecular weight excluding hydrogens is 260 g/mol. The first-order valence-corrected chi connectivity index (χ1v) is 6.76. The Labute approximate surface area is 116 Å². The van der Waals surface area contributed by atoms with Crippen LogP contribution in [0, 0.1) is 6.92 Å². The fourth-order valence-electron chi connectivity index (χ4n) is 1.83. The third-order valence-corrected chi connectivity index (χ3v) is 3.49. The van der Waals surface area contributed by atoms with Gasteiger partial charge < -0.3 is 10.3 Å². The van der Waals surface area contributed by atoms with Crippen molar-refractivity contribution in [2.45, 2.75) is 13.5 Å². The van der Waals surface area contributed by atoms with E-state index in [1.807, 2.05) is 18.4 Å². The number of nitrogens with two attached hydrogens (primary N) is 1. The lowest BCUT2D eigenvalue weighted by molar-refractivity contribution is 0.0783. The fraction of sp³-hybridized carbons (Fsp3) is 0.231. The molecule has 0 saturated carbocycles. The van der Waals surface area contributed by atoms with Crippen LogP contribution in [0.25, 0.3) is 0 Å². The van der Waals surface area contributed by atoms with Gasteiger partial charge in [0, 0.05) is 23.7 Å². The normalized spacial score (nSPS) is 10.3. The zero-order valence-electron chi connectivity index (χ0n) is 10.9. The lowest BCUT2D eigenvalue weighted by atomic mass is 10.1. The van der Waals surface area contributed by atoms with Crippen molar-refractivity contribution < 1.29 is 4.79 Å². The van der Waals surface area contributed by atoms with Gasteiger partial charge in [-0.1, -0.05) is 0 Å². The van der Waals surface area contributed by atoms with E-state index in [9.17, 15) is 4.79 Å². The van der Waals surface area contributed by atoms with E-state index in [0.717, 1.165) is 16.9 Å². The first-order valence-electron chi connectivity index (χ1n) is 5.81. The number of carbonyl (C=O) groups excluding carboxylic acids is 1. The smallest absolute Gasteiger partial charge is 0.254 e. The summed E-state index contributed by atoms with van der Waals surface area (Å²) in [6, 6.07) is 5.42. The van der Waals surface area contributed by atoms with Gasteiger partial charge in [0.25, 0.3) is 5.91 Å². The van der Waals surface area contributed by atoms with E-state index >= 15 is 0 Å². The van der Waals surface area contributed by atoms with E-state index in [1.54, 1.807) is 29.6 Å². The largest absolute Gasteiger partial charge is 0.336 e. The average Bonchev–Trinajstić information content (AvgIpc) is 2.90. The molecular formula is C13H16N4OS. The number of hydrogen-bond acceptors (Lipinski definition) is 5. The number of benzene rings is 1. The van der Waals surface area contributed by atoms with Gasteiger partial charge in [-0.3, -0.25) is 10.6 Å². The minimum Gasteiger partial charge on any atom is -0.336 e. The Bertz CT molecular complexity index is 568. The molecule has 5 nitrogen and oxygen atoms in total. The summed E-state index contributed by atoms with van der Waals surface area (Å²) in [6.45, 7) is 2.41. The molecule has 1 aromatic heterocycles. The molecule has 0 radical (unpaired) electrons. The highest BCUT2D eigenvalue weighted by Gasteiger charge is 2.15. The van der Waals surface area contributed by atoms with E-state index in [1.165, 1.54) is 11.3 Å².